The van der Waals surface area contributed by atoms with Gasteiger partial charge in [0.05, 0.1) is 30.5 Å². The SMILES string of the molecule is CCc1ccc2cc(-c3nc4cc(C(=O)N5CC(N)CCN5C)cc(OC)n4c3C)n(CC3CC3)c2n1.NC(=O)C12CC(F)(C1)C2. The zero-order valence-electron chi connectivity index (χ0n) is 27.1. The number of amides is 2. The van der Waals surface area contributed by atoms with E-state index in [1.807, 2.05) is 22.5 Å². The maximum absolute atomic E-state index is 13.5. The Bertz CT molecular complexity index is 1840. The van der Waals surface area contributed by atoms with Crippen molar-refractivity contribution in [3.8, 4) is 17.3 Å². The molecule has 0 aromatic carbocycles. The summed E-state index contributed by atoms with van der Waals surface area (Å²) >= 11 is 0. The Kier molecular flexibility index (Phi) is 7.35. The maximum atomic E-state index is 13.5. The van der Waals surface area contributed by atoms with Gasteiger partial charge in [0.15, 0.2) is 5.88 Å². The molecule has 2 amide bonds. The lowest BCUT2D eigenvalue weighted by atomic mass is 9.42. The van der Waals surface area contributed by atoms with Gasteiger partial charge in [0, 0.05) is 48.9 Å². The predicted octanol–water partition coefficient (Wildman–Crippen LogP) is 4.02. The second-order valence-electron chi connectivity index (χ2n) is 13.8. The lowest BCUT2D eigenvalue weighted by Gasteiger charge is -2.63. The molecular weight excluding hydrogens is 587 g/mol. The van der Waals surface area contributed by atoms with Gasteiger partial charge < -0.3 is 20.8 Å². The van der Waals surface area contributed by atoms with Crippen LogP contribution in [0.1, 0.15) is 67.2 Å². The Hall–Kier alpha value is -4.03. The molecule has 0 radical (unpaired) electrons. The van der Waals surface area contributed by atoms with Crippen LogP contribution in [0.15, 0.2) is 30.3 Å². The number of carbonyl (C=O) groups is 2. The molecule has 46 heavy (non-hydrogen) atoms. The van der Waals surface area contributed by atoms with Crippen molar-refractivity contribution in [1.82, 2.24) is 29.0 Å². The van der Waals surface area contributed by atoms with E-state index in [1.54, 1.807) is 18.2 Å². The summed E-state index contributed by atoms with van der Waals surface area (Å²) < 4.78 is 22.8. The fourth-order valence-corrected chi connectivity index (χ4v) is 7.33. The van der Waals surface area contributed by atoms with E-state index in [1.165, 1.54) is 12.8 Å². The number of halogens is 1. The van der Waals surface area contributed by atoms with E-state index in [4.69, 9.17) is 26.2 Å². The zero-order chi connectivity index (χ0) is 32.5. The number of nitrogens with zero attached hydrogens (tertiary/aromatic N) is 6. The Morgan fingerprint density at radius 1 is 1.11 bits per heavy atom. The number of imidazole rings is 1. The Morgan fingerprint density at radius 2 is 1.85 bits per heavy atom. The summed E-state index contributed by atoms with van der Waals surface area (Å²) in [6, 6.07) is 10.1. The number of pyridine rings is 2. The van der Waals surface area contributed by atoms with E-state index >= 15 is 0 Å². The van der Waals surface area contributed by atoms with Crippen LogP contribution in [0, 0.1) is 18.3 Å². The highest BCUT2D eigenvalue weighted by Crippen LogP contribution is 2.69. The monoisotopic (exact) mass is 630 g/mol. The van der Waals surface area contributed by atoms with Gasteiger partial charge in [-0.1, -0.05) is 6.92 Å². The molecule has 1 saturated heterocycles. The van der Waals surface area contributed by atoms with Gasteiger partial charge in [-0.05, 0) is 82.1 Å². The lowest BCUT2D eigenvalue weighted by molar-refractivity contribution is -0.211. The van der Waals surface area contributed by atoms with Crippen molar-refractivity contribution in [3.05, 3.63) is 47.3 Å². The number of hydrogen-bond acceptors (Lipinski definition) is 7. The van der Waals surface area contributed by atoms with Gasteiger partial charge >= 0.3 is 0 Å². The summed E-state index contributed by atoms with van der Waals surface area (Å²) in [6.07, 6.45) is 5.43. The average molecular weight is 631 g/mol. The molecule has 0 spiro atoms. The maximum Gasteiger partial charge on any atom is 0.268 e. The molecule has 4 aromatic rings. The zero-order valence-corrected chi connectivity index (χ0v) is 27.1. The fraction of sp³-hybridized carbons (Fsp3) is 0.529. The van der Waals surface area contributed by atoms with Gasteiger partial charge in [-0.25, -0.2) is 19.4 Å². The molecule has 4 aliphatic carbocycles. The summed E-state index contributed by atoms with van der Waals surface area (Å²) in [5, 5.41) is 4.79. The minimum Gasteiger partial charge on any atom is -0.482 e. The van der Waals surface area contributed by atoms with Crippen molar-refractivity contribution in [2.75, 3.05) is 27.2 Å². The van der Waals surface area contributed by atoms with E-state index in [2.05, 4.69) is 36.6 Å². The van der Waals surface area contributed by atoms with Crippen molar-refractivity contribution in [1.29, 1.82) is 0 Å². The summed E-state index contributed by atoms with van der Waals surface area (Å²) in [4.78, 5) is 34.1. The van der Waals surface area contributed by atoms with Gasteiger partial charge in [0.2, 0.25) is 5.91 Å². The van der Waals surface area contributed by atoms with Crippen LogP contribution in [0.2, 0.25) is 0 Å². The quantitative estimate of drug-likeness (QED) is 0.315. The number of hydrogen-bond donors (Lipinski definition) is 2. The number of aryl methyl sites for hydroxylation is 2. The molecule has 1 aliphatic heterocycles. The molecule has 4 N–H and O–H groups in total. The molecular formula is C34H43FN8O3. The summed E-state index contributed by atoms with van der Waals surface area (Å²) in [5.41, 5.74) is 16.0. The molecule has 5 aliphatic rings. The molecule has 4 saturated carbocycles. The van der Waals surface area contributed by atoms with Crippen LogP contribution < -0.4 is 16.2 Å². The molecule has 12 heteroatoms. The lowest BCUT2D eigenvalue weighted by Crippen LogP contribution is -2.69. The molecule has 5 fully saturated rings. The molecule has 2 bridgehead atoms. The molecule has 1 unspecified atom stereocenters. The smallest absolute Gasteiger partial charge is 0.268 e. The van der Waals surface area contributed by atoms with Crippen molar-refractivity contribution in [2.45, 2.75) is 77.0 Å². The minimum absolute atomic E-state index is 0.0266. The van der Waals surface area contributed by atoms with E-state index < -0.39 is 11.1 Å². The number of ether oxygens (including phenoxy) is 1. The molecule has 1 atom stereocenters. The largest absolute Gasteiger partial charge is 0.482 e. The first-order valence-electron chi connectivity index (χ1n) is 16.3. The number of primary amides is 1. The van der Waals surface area contributed by atoms with Crippen LogP contribution in [-0.2, 0) is 17.8 Å². The first-order valence-corrected chi connectivity index (χ1v) is 16.3. The molecule has 11 nitrogen and oxygen atoms in total. The van der Waals surface area contributed by atoms with E-state index in [0.717, 1.165) is 59.7 Å². The first kappa shape index (κ1) is 30.6. The topological polar surface area (TPSA) is 137 Å². The summed E-state index contributed by atoms with van der Waals surface area (Å²) in [5.74, 6) is 0.851. The second-order valence-corrected chi connectivity index (χ2v) is 13.8. The van der Waals surface area contributed by atoms with Crippen molar-refractivity contribution < 1.29 is 18.7 Å². The number of nitrogens with two attached hydrogens (primary N) is 2. The van der Waals surface area contributed by atoms with Gasteiger partial charge in [-0.2, -0.15) is 0 Å². The number of aromatic nitrogens is 4. The van der Waals surface area contributed by atoms with E-state index in [9.17, 15) is 14.0 Å². The Labute approximate surface area is 267 Å². The van der Waals surface area contributed by atoms with Crippen molar-refractivity contribution >= 4 is 28.5 Å². The van der Waals surface area contributed by atoms with Crippen LogP contribution in [-0.4, -0.2) is 79.7 Å². The molecule has 4 aromatic heterocycles. The van der Waals surface area contributed by atoms with Gasteiger partial charge in [0.1, 0.15) is 22.7 Å². The number of rotatable bonds is 7. The standard InChI is InChI=1S/C28H35N7O2.C6H8FNO/c1-5-22-9-8-19-12-23(33(27(19)30-22)15-18-6-7-18)26-17(2)35-24(31-26)13-20(14-25(35)37-4)28(36)34-16-21(29)10-11-32(34)3;7-6-1-5(2-6,3-6)4(8)9/h8-9,12-14,18,21H,5-7,10-11,15-16,29H2,1-4H3;1-3H2,(H2,8,9). The number of methoxy groups -OCH3 is 1. The van der Waals surface area contributed by atoms with Gasteiger partial charge in [-0.3, -0.25) is 19.0 Å². The predicted molar refractivity (Wildman–Crippen MR) is 173 cm³/mol. The first-order chi connectivity index (χ1) is 21.9. The van der Waals surface area contributed by atoms with Crippen LogP contribution in [0.25, 0.3) is 28.1 Å². The van der Waals surface area contributed by atoms with Crippen LogP contribution in [0.5, 0.6) is 5.88 Å². The number of fused-ring (bicyclic) bond motifs is 2. The third-order valence-electron chi connectivity index (χ3n) is 10.3. The third kappa shape index (κ3) is 5.11. The van der Waals surface area contributed by atoms with Crippen LogP contribution in [0.3, 0.4) is 0 Å². The van der Waals surface area contributed by atoms with Crippen molar-refractivity contribution in [2.24, 2.45) is 22.8 Å². The van der Waals surface area contributed by atoms with Crippen LogP contribution >= 0.6 is 0 Å². The number of alkyl halides is 1. The summed E-state index contributed by atoms with van der Waals surface area (Å²) in [6.45, 7) is 6.37. The highest BCUT2D eigenvalue weighted by atomic mass is 19.1. The summed E-state index contributed by atoms with van der Waals surface area (Å²) in [7, 11) is 3.55. The van der Waals surface area contributed by atoms with Crippen LogP contribution in [0.4, 0.5) is 4.39 Å². The van der Waals surface area contributed by atoms with Gasteiger partial charge in [0.25, 0.3) is 5.91 Å². The van der Waals surface area contributed by atoms with Gasteiger partial charge in [-0.15, -0.1) is 0 Å². The average Bonchev–Trinajstić information content (AvgIpc) is 3.68. The Morgan fingerprint density at radius 3 is 2.46 bits per heavy atom. The highest BCUT2D eigenvalue weighted by Gasteiger charge is 2.72. The third-order valence-corrected chi connectivity index (χ3v) is 10.3. The number of carbonyl (C=O) groups excluding carboxylic acids is 2. The fourth-order valence-electron chi connectivity index (χ4n) is 7.33. The molecule has 5 heterocycles. The normalized spacial score (nSPS) is 25.5. The molecule has 244 valence electrons. The van der Waals surface area contributed by atoms with Crippen molar-refractivity contribution in [3.63, 3.8) is 0 Å². The second kappa shape index (κ2) is 11.0. The van der Waals surface area contributed by atoms with E-state index in [0.29, 0.717) is 48.8 Å². The van der Waals surface area contributed by atoms with E-state index in [-0.39, 0.29) is 17.9 Å². The molecule has 9 rings (SSSR count). The Balaban J connectivity index is 0.000000321. The number of hydrazine groups is 1. The minimum atomic E-state index is -0.991. The highest BCUT2D eigenvalue weighted by molar-refractivity contribution is 5.95.